The molecule has 164 valence electrons. The van der Waals surface area contributed by atoms with Gasteiger partial charge in [0.2, 0.25) is 0 Å². The minimum Gasteiger partial charge on any atom is -0.366 e. The molecule has 0 spiro atoms. The van der Waals surface area contributed by atoms with Crippen molar-refractivity contribution in [3.63, 3.8) is 0 Å². The highest BCUT2D eigenvalue weighted by Gasteiger charge is 2.32. The van der Waals surface area contributed by atoms with E-state index >= 15 is 0 Å². The van der Waals surface area contributed by atoms with E-state index in [2.05, 4.69) is 10.2 Å². The van der Waals surface area contributed by atoms with E-state index < -0.39 is 15.9 Å². The molecule has 0 aliphatic carbocycles. The van der Waals surface area contributed by atoms with Gasteiger partial charge in [-0.05, 0) is 47.5 Å². The molecule has 3 heterocycles. The van der Waals surface area contributed by atoms with Crippen molar-refractivity contribution < 1.29 is 13.2 Å². The number of amides is 1. The Morgan fingerprint density at radius 2 is 1.81 bits per heavy atom. The number of primary amides is 1. The summed E-state index contributed by atoms with van der Waals surface area (Å²) in [6, 6.07) is 17.0. The molecular weight excluding hydrogens is 444 g/mol. The maximum absolute atomic E-state index is 12.8. The molecule has 1 aliphatic rings. The molecule has 7 nitrogen and oxygen atoms in total. The van der Waals surface area contributed by atoms with Gasteiger partial charge in [-0.3, -0.25) is 9.89 Å². The van der Waals surface area contributed by atoms with E-state index in [0.717, 1.165) is 22.2 Å². The summed E-state index contributed by atoms with van der Waals surface area (Å²) in [5.74, 6) is -0.413. The van der Waals surface area contributed by atoms with Gasteiger partial charge in [0, 0.05) is 30.1 Å². The van der Waals surface area contributed by atoms with Gasteiger partial charge >= 0.3 is 0 Å². The minimum atomic E-state index is -3.45. The molecule has 1 aliphatic heterocycles. The van der Waals surface area contributed by atoms with Crippen LogP contribution in [0.3, 0.4) is 0 Å². The van der Waals surface area contributed by atoms with Crippen molar-refractivity contribution in [2.24, 2.45) is 5.73 Å². The molecule has 0 atom stereocenters. The second-order valence-electron chi connectivity index (χ2n) is 7.90. The Morgan fingerprint density at radius 3 is 2.47 bits per heavy atom. The Morgan fingerprint density at radius 1 is 1.06 bits per heavy atom. The number of nitrogens with zero attached hydrogens (tertiary/aromatic N) is 2. The number of nitrogens with one attached hydrogen (secondary N) is 1. The van der Waals surface area contributed by atoms with E-state index in [1.165, 1.54) is 11.3 Å². The van der Waals surface area contributed by atoms with Crippen molar-refractivity contribution >= 4 is 38.2 Å². The van der Waals surface area contributed by atoms with Gasteiger partial charge in [0.25, 0.3) is 15.9 Å². The van der Waals surface area contributed by atoms with Gasteiger partial charge in [-0.1, -0.05) is 36.4 Å². The predicted molar refractivity (Wildman–Crippen MR) is 125 cm³/mol. The van der Waals surface area contributed by atoms with Crippen LogP contribution < -0.4 is 5.73 Å². The summed E-state index contributed by atoms with van der Waals surface area (Å²) in [6.07, 6.45) is 1.34. The number of hydrogen-bond acceptors (Lipinski definition) is 5. The van der Waals surface area contributed by atoms with Crippen LogP contribution in [0.2, 0.25) is 0 Å². The van der Waals surface area contributed by atoms with E-state index in [1.54, 1.807) is 27.9 Å². The topological polar surface area (TPSA) is 109 Å². The normalized spacial score (nSPS) is 15.9. The molecule has 0 bridgehead atoms. The highest BCUT2D eigenvalue weighted by atomic mass is 32.2. The lowest BCUT2D eigenvalue weighted by Gasteiger charge is -2.30. The van der Waals surface area contributed by atoms with E-state index in [-0.39, 0.29) is 5.92 Å². The van der Waals surface area contributed by atoms with Gasteiger partial charge in [-0.15, -0.1) is 11.3 Å². The number of fused-ring (bicyclic) bond motifs is 1. The number of nitrogens with two attached hydrogens (primary N) is 1. The number of benzene rings is 2. The Hall–Kier alpha value is -3.01. The largest absolute Gasteiger partial charge is 0.366 e. The van der Waals surface area contributed by atoms with Crippen molar-refractivity contribution in [2.75, 3.05) is 13.1 Å². The number of thiophene rings is 1. The van der Waals surface area contributed by atoms with Gasteiger partial charge in [-0.2, -0.15) is 9.40 Å². The number of rotatable bonds is 5. The summed E-state index contributed by atoms with van der Waals surface area (Å²) in [5.41, 5.74) is 9.40. The molecule has 3 N–H and O–H groups in total. The van der Waals surface area contributed by atoms with Crippen LogP contribution in [0.15, 0.2) is 64.2 Å². The molecule has 0 saturated carbocycles. The zero-order valence-corrected chi connectivity index (χ0v) is 18.8. The third-order valence-electron chi connectivity index (χ3n) is 6.01. The molecule has 1 amide bonds. The third kappa shape index (κ3) is 3.62. The molecule has 0 radical (unpaired) electrons. The fraction of sp³-hybridized carbons (Fsp3) is 0.217. The molecule has 2 aromatic carbocycles. The van der Waals surface area contributed by atoms with Crippen LogP contribution in [-0.2, 0) is 10.0 Å². The molecule has 9 heteroatoms. The lowest BCUT2D eigenvalue weighted by molar-refractivity contribution is 0.100. The summed E-state index contributed by atoms with van der Waals surface area (Å²) in [7, 11) is -3.45. The second-order valence-corrected chi connectivity index (χ2v) is 11.0. The van der Waals surface area contributed by atoms with Crippen LogP contribution in [0.4, 0.5) is 0 Å². The monoisotopic (exact) mass is 466 g/mol. The van der Waals surface area contributed by atoms with Crippen LogP contribution in [0.25, 0.3) is 22.0 Å². The fourth-order valence-electron chi connectivity index (χ4n) is 4.36. The summed E-state index contributed by atoms with van der Waals surface area (Å²) < 4.78 is 27.6. The molecule has 1 saturated heterocycles. The van der Waals surface area contributed by atoms with Gasteiger partial charge < -0.3 is 5.73 Å². The van der Waals surface area contributed by atoms with E-state index in [0.29, 0.717) is 41.2 Å². The first-order valence-electron chi connectivity index (χ1n) is 10.4. The summed E-state index contributed by atoms with van der Waals surface area (Å²) in [4.78, 5) is 12.1. The maximum atomic E-state index is 12.8. The molecule has 1 fully saturated rings. The third-order valence-corrected chi connectivity index (χ3v) is 9.28. The number of carbonyl (C=O) groups is 1. The predicted octanol–water partition coefficient (Wildman–Crippen LogP) is 3.96. The van der Waals surface area contributed by atoms with Gasteiger partial charge in [0.15, 0.2) is 0 Å². The van der Waals surface area contributed by atoms with E-state index in [4.69, 9.17) is 5.73 Å². The van der Waals surface area contributed by atoms with Crippen molar-refractivity contribution in [3.8, 4) is 11.1 Å². The summed E-state index contributed by atoms with van der Waals surface area (Å²) in [6.45, 7) is 0.874. The van der Waals surface area contributed by atoms with Gasteiger partial charge in [0.1, 0.15) is 9.73 Å². The summed E-state index contributed by atoms with van der Waals surface area (Å²) in [5, 5.41) is 10.2. The summed E-state index contributed by atoms with van der Waals surface area (Å²) >= 11 is 1.24. The van der Waals surface area contributed by atoms with Gasteiger partial charge in [-0.25, -0.2) is 8.42 Å². The highest BCUT2D eigenvalue weighted by Crippen LogP contribution is 2.36. The van der Waals surface area contributed by atoms with Crippen LogP contribution in [0, 0.1) is 0 Å². The van der Waals surface area contributed by atoms with Crippen LogP contribution in [-0.4, -0.2) is 41.9 Å². The number of piperidine rings is 1. The van der Waals surface area contributed by atoms with E-state index in [1.807, 2.05) is 36.4 Å². The number of sulfonamides is 1. The second kappa shape index (κ2) is 8.16. The lowest BCUT2D eigenvalue weighted by Crippen LogP contribution is -2.37. The number of carbonyl (C=O) groups excluding carboxylic acids is 1. The van der Waals surface area contributed by atoms with Crippen molar-refractivity contribution in [1.82, 2.24) is 14.5 Å². The Labute approximate surface area is 189 Å². The Kier molecular flexibility index (Phi) is 5.32. The average Bonchev–Trinajstić information content (AvgIpc) is 3.50. The van der Waals surface area contributed by atoms with Crippen LogP contribution in [0.5, 0.6) is 0 Å². The molecule has 5 rings (SSSR count). The number of hydrogen-bond donors (Lipinski definition) is 2. The average molecular weight is 467 g/mol. The van der Waals surface area contributed by atoms with Gasteiger partial charge in [0.05, 0.1) is 5.56 Å². The minimum absolute atomic E-state index is 0.113. The number of aromatic amines is 1. The molecule has 32 heavy (non-hydrogen) atoms. The Balaban J connectivity index is 1.48. The first kappa shape index (κ1) is 20.9. The maximum Gasteiger partial charge on any atom is 0.252 e. The zero-order chi connectivity index (χ0) is 22.3. The first-order chi connectivity index (χ1) is 15.4. The quantitative estimate of drug-likeness (QED) is 0.464. The van der Waals surface area contributed by atoms with Crippen molar-refractivity contribution in [1.29, 1.82) is 0 Å². The highest BCUT2D eigenvalue weighted by molar-refractivity contribution is 7.91. The van der Waals surface area contributed by atoms with Crippen LogP contribution in [0.1, 0.15) is 34.8 Å². The van der Waals surface area contributed by atoms with Crippen molar-refractivity contribution in [3.05, 3.63) is 71.2 Å². The smallest absolute Gasteiger partial charge is 0.252 e. The van der Waals surface area contributed by atoms with Crippen LogP contribution >= 0.6 is 11.3 Å². The number of aromatic nitrogens is 2. The molecule has 0 unspecified atom stereocenters. The SMILES string of the molecule is NC(=O)c1cc(-c2ccccc2)cc2c(C3CCN(S(=O)(=O)c4cccs4)CC3)[nH]nc12. The first-order valence-corrected chi connectivity index (χ1v) is 12.7. The van der Waals surface area contributed by atoms with E-state index in [9.17, 15) is 13.2 Å². The lowest BCUT2D eigenvalue weighted by atomic mass is 9.90. The Bertz CT molecular complexity index is 1370. The zero-order valence-electron chi connectivity index (χ0n) is 17.2. The molecule has 2 aromatic heterocycles. The van der Waals surface area contributed by atoms with Crippen molar-refractivity contribution in [2.45, 2.75) is 23.0 Å². The fourth-order valence-corrected chi connectivity index (χ4v) is 6.97. The standard InChI is InChI=1S/C23H22N4O3S2/c24-23(28)19-14-17(15-5-2-1-3-6-15)13-18-21(25-26-22(18)19)16-8-10-27(11-9-16)32(29,30)20-7-4-12-31-20/h1-7,12-14,16H,8-11H2,(H2,24,28)(H,25,26). The number of H-pyrrole nitrogens is 1. The molecular formula is C23H22N4O3S2. The molecule has 4 aromatic rings.